The highest BCUT2D eigenvalue weighted by atomic mass is 127. The highest BCUT2D eigenvalue weighted by molar-refractivity contribution is 14.1. The van der Waals surface area contributed by atoms with E-state index in [0.717, 1.165) is 35.5 Å². The Labute approximate surface area is 235 Å². The summed E-state index contributed by atoms with van der Waals surface area (Å²) in [5.74, 6) is -6.39. The van der Waals surface area contributed by atoms with E-state index in [9.17, 15) is 26.7 Å². The van der Waals surface area contributed by atoms with Crippen LogP contribution in [0.4, 0.5) is 41.2 Å². The molecule has 1 aromatic carbocycles. The van der Waals surface area contributed by atoms with Crippen LogP contribution in [0.15, 0.2) is 42.7 Å². The van der Waals surface area contributed by atoms with Crippen molar-refractivity contribution >= 4 is 45.9 Å². The molecule has 3 heterocycles. The number of alkyl halides is 5. The summed E-state index contributed by atoms with van der Waals surface area (Å²) in [7, 11) is 0. The lowest BCUT2D eigenvalue weighted by Gasteiger charge is -2.32. The molecule has 0 radical (unpaired) electrons. The lowest BCUT2D eigenvalue weighted by Crippen LogP contribution is -2.47. The molecular weight excluding hydrogens is 672 g/mol. The van der Waals surface area contributed by atoms with Crippen LogP contribution in [0.5, 0.6) is 5.88 Å². The number of aromatic nitrogens is 2. The molecule has 3 aromatic rings. The third-order valence-electron chi connectivity index (χ3n) is 5.85. The fourth-order valence-electron chi connectivity index (χ4n) is 4.10. The smallest absolute Gasteiger partial charge is 0.422 e. The number of carbonyl (C=O) groups is 1. The van der Waals surface area contributed by atoms with Crippen molar-refractivity contribution in [3.8, 4) is 17.0 Å². The van der Waals surface area contributed by atoms with Gasteiger partial charge in [0.15, 0.2) is 6.61 Å². The van der Waals surface area contributed by atoms with Gasteiger partial charge in [-0.15, -0.1) is 0 Å². The number of carbonyl (C=O) groups excluding carboxylic acids is 1. The van der Waals surface area contributed by atoms with Crippen molar-refractivity contribution in [2.45, 2.75) is 31.0 Å². The van der Waals surface area contributed by atoms with Crippen LogP contribution in [0.3, 0.4) is 0 Å². The molecule has 2 amide bonds. The number of hydrogen-bond donors (Lipinski definition) is 1. The molecule has 0 bridgehead atoms. The van der Waals surface area contributed by atoms with Crippen molar-refractivity contribution in [3.05, 3.63) is 68.6 Å². The highest BCUT2D eigenvalue weighted by Gasteiger charge is 2.51. The molecule has 1 saturated heterocycles. The normalized spacial score (nSPS) is 15.9. The van der Waals surface area contributed by atoms with Gasteiger partial charge in [0.2, 0.25) is 11.8 Å². The quantitative estimate of drug-likeness (QED) is 0.167. The van der Waals surface area contributed by atoms with Crippen LogP contribution in [0.25, 0.3) is 11.1 Å². The Hall–Kier alpha value is -2.88. The lowest BCUT2D eigenvalue weighted by atomic mass is 10.0. The molecule has 1 atom stereocenters. The molecule has 1 unspecified atom stereocenters. The molecule has 1 aliphatic rings. The summed E-state index contributed by atoms with van der Waals surface area (Å²) in [4.78, 5) is 20.8. The van der Waals surface area contributed by atoms with Crippen LogP contribution in [0, 0.1) is 15.3 Å². The van der Waals surface area contributed by atoms with E-state index in [1.165, 1.54) is 12.1 Å². The molecule has 1 N–H and O–H groups in total. The van der Waals surface area contributed by atoms with E-state index < -0.39 is 53.8 Å². The van der Waals surface area contributed by atoms with Gasteiger partial charge in [-0.3, -0.25) is 0 Å². The van der Waals surface area contributed by atoms with Crippen LogP contribution in [0.2, 0.25) is 5.02 Å². The molecule has 39 heavy (non-hydrogen) atoms. The number of halogens is 9. The number of amides is 2. The first-order valence-electron chi connectivity index (χ1n) is 11.2. The maximum Gasteiger partial charge on any atom is 0.422 e. The molecule has 0 saturated carbocycles. The van der Waals surface area contributed by atoms with E-state index in [-0.39, 0.29) is 45.0 Å². The van der Waals surface area contributed by atoms with E-state index in [0.29, 0.717) is 0 Å². The number of benzene rings is 1. The Morgan fingerprint density at radius 1 is 1.15 bits per heavy atom. The van der Waals surface area contributed by atoms with Gasteiger partial charge in [0.1, 0.15) is 11.9 Å². The van der Waals surface area contributed by atoms with Gasteiger partial charge in [-0.05, 0) is 59.7 Å². The van der Waals surface area contributed by atoms with Crippen molar-refractivity contribution < 1.29 is 40.3 Å². The van der Waals surface area contributed by atoms with E-state index >= 15 is 8.78 Å². The number of rotatable bonds is 6. The Kier molecular flexibility index (Phi) is 8.44. The number of likely N-dealkylation sites (tertiary alicyclic amines) is 1. The minimum Gasteiger partial charge on any atom is -0.468 e. The summed E-state index contributed by atoms with van der Waals surface area (Å²) in [5, 5.41) is 2.17. The minimum absolute atomic E-state index is 0.0554. The van der Waals surface area contributed by atoms with Gasteiger partial charge in [0.05, 0.1) is 16.3 Å². The Morgan fingerprint density at radius 3 is 2.54 bits per heavy atom. The van der Waals surface area contributed by atoms with Crippen molar-refractivity contribution in [3.63, 3.8) is 0 Å². The maximum atomic E-state index is 15.4. The predicted octanol–water partition coefficient (Wildman–Crippen LogP) is 7.41. The number of pyridine rings is 2. The van der Waals surface area contributed by atoms with Crippen molar-refractivity contribution in [2.24, 2.45) is 0 Å². The van der Waals surface area contributed by atoms with E-state index in [1.54, 1.807) is 22.6 Å². The monoisotopic (exact) mass is 688 g/mol. The molecule has 208 valence electrons. The highest BCUT2D eigenvalue weighted by Crippen LogP contribution is 2.42. The fraction of sp³-hybridized carbons (Fsp3) is 0.292. The predicted molar refractivity (Wildman–Crippen MR) is 136 cm³/mol. The molecule has 4 rings (SSSR count). The zero-order valence-corrected chi connectivity index (χ0v) is 22.4. The molecular formula is C24H17ClF7IN4O2. The van der Waals surface area contributed by atoms with Crippen molar-refractivity contribution in [1.29, 1.82) is 0 Å². The summed E-state index contributed by atoms with van der Waals surface area (Å²) in [6.07, 6.45) is -2.28. The third kappa shape index (κ3) is 6.48. The van der Waals surface area contributed by atoms with Crippen LogP contribution < -0.4 is 10.1 Å². The van der Waals surface area contributed by atoms with Crippen LogP contribution >= 0.6 is 34.2 Å². The molecule has 15 heteroatoms. The third-order valence-corrected chi connectivity index (χ3v) is 7.06. The molecule has 1 aliphatic heterocycles. The van der Waals surface area contributed by atoms with Crippen LogP contribution in [-0.4, -0.2) is 46.3 Å². The second-order valence-electron chi connectivity index (χ2n) is 8.46. The number of hydrogen-bond acceptors (Lipinski definition) is 4. The summed E-state index contributed by atoms with van der Waals surface area (Å²) in [5.41, 5.74) is -0.974. The maximum absolute atomic E-state index is 15.4. The van der Waals surface area contributed by atoms with E-state index in [1.807, 2.05) is 0 Å². The summed E-state index contributed by atoms with van der Waals surface area (Å²) < 4.78 is 101. The second kappa shape index (κ2) is 11.3. The van der Waals surface area contributed by atoms with E-state index in [2.05, 4.69) is 20.0 Å². The number of nitrogens with zero attached hydrogens (tertiary/aromatic N) is 3. The summed E-state index contributed by atoms with van der Waals surface area (Å²) in [6.45, 7) is -1.62. The van der Waals surface area contributed by atoms with Gasteiger partial charge in [0, 0.05) is 39.7 Å². The molecule has 0 spiro atoms. The van der Waals surface area contributed by atoms with Gasteiger partial charge in [-0.1, -0.05) is 11.6 Å². The minimum atomic E-state index is -4.55. The fourth-order valence-corrected chi connectivity index (χ4v) is 5.11. The Morgan fingerprint density at radius 2 is 1.90 bits per heavy atom. The molecule has 0 aliphatic carbocycles. The topological polar surface area (TPSA) is 67.3 Å². The average Bonchev–Trinajstić information content (AvgIpc) is 3.36. The van der Waals surface area contributed by atoms with Gasteiger partial charge in [-0.25, -0.2) is 19.2 Å². The van der Waals surface area contributed by atoms with Crippen molar-refractivity contribution in [2.75, 3.05) is 18.5 Å². The zero-order valence-electron chi connectivity index (χ0n) is 19.5. The number of ether oxygens (including phenoxy) is 1. The van der Waals surface area contributed by atoms with Gasteiger partial charge in [0.25, 0.3) is 5.92 Å². The Balaban J connectivity index is 1.51. The first-order valence-corrected chi connectivity index (χ1v) is 12.6. The molecule has 6 nitrogen and oxygen atoms in total. The molecule has 2 aromatic heterocycles. The standard InChI is InChI=1S/C24H17ClF7IN4O2/c25-14-9-17(15(26)8-13(14)12-3-4-19(35-10-12)39-11-23(28,29)30)36-22(38)37-7-1-2-18(37)24(31,32)20-16(33)5-6-34-21(20)27/h3-6,8-10,18H,1-2,7,11H2,(H,36,38). The molecule has 1 fully saturated rings. The number of urea groups is 1. The van der Waals surface area contributed by atoms with Gasteiger partial charge < -0.3 is 15.0 Å². The Bertz CT molecular complexity index is 1360. The summed E-state index contributed by atoms with van der Waals surface area (Å²) >= 11 is 7.81. The van der Waals surface area contributed by atoms with Gasteiger partial charge >= 0.3 is 12.2 Å². The first kappa shape index (κ1) is 29.1. The van der Waals surface area contributed by atoms with Crippen LogP contribution in [-0.2, 0) is 5.92 Å². The van der Waals surface area contributed by atoms with Crippen LogP contribution in [0.1, 0.15) is 18.4 Å². The second-order valence-corrected chi connectivity index (χ2v) is 10.0. The SMILES string of the molecule is O=C(Nc1cc(Cl)c(-c2ccc(OCC(F)(F)F)nc2)cc1F)N1CCCC1C(F)(F)c1c(I)ccnc1F. The van der Waals surface area contributed by atoms with Gasteiger partial charge in [-0.2, -0.15) is 26.3 Å². The summed E-state index contributed by atoms with van der Waals surface area (Å²) in [6, 6.07) is 2.96. The number of nitrogens with one attached hydrogen (secondary N) is 1. The van der Waals surface area contributed by atoms with E-state index in [4.69, 9.17) is 11.6 Å². The number of anilines is 1. The lowest BCUT2D eigenvalue weighted by molar-refractivity contribution is -0.154. The largest absolute Gasteiger partial charge is 0.468 e. The zero-order chi connectivity index (χ0) is 28.5. The van der Waals surface area contributed by atoms with Crippen molar-refractivity contribution in [1.82, 2.24) is 14.9 Å². The first-order chi connectivity index (χ1) is 18.3. The average molecular weight is 689 g/mol.